The van der Waals surface area contributed by atoms with Crippen LogP contribution < -0.4 is 5.32 Å². The highest BCUT2D eigenvalue weighted by molar-refractivity contribution is 5.05. The Bertz CT molecular complexity index is 184. The van der Waals surface area contributed by atoms with Crippen LogP contribution in [0.25, 0.3) is 0 Å². The molecule has 3 nitrogen and oxygen atoms in total. The lowest BCUT2D eigenvalue weighted by Gasteiger charge is -2.24. The molecule has 15 heavy (non-hydrogen) atoms. The van der Waals surface area contributed by atoms with E-state index >= 15 is 0 Å². The fourth-order valence-electron chi connectivity index (χ4n) is 1.72. The van der Waals surface area contributed by atoms with E-state index in [1.165, 1.54) is 0 Å². The van der Waals surface area contributed by atoms with Gasteiger partial charge < -0.3 is 14.8 Å². The van der Waals surface area contributed by atoms with Crippen molar-refractivity contribution in [2.24, 2.45) is 0 Å². The number of methoxy groups -OCH3 is 1. The van der Waals surface area contributed by atoms with E-state index in [1.807, 2.05) is 0 Å². The number of hydrogen-bond donors (Lipinski definition) is 1. The minimum atomic E-state index is 0.338. The minimum Gasteiger partial charge on any atom is -0.497 e. The van der Waals surface area contributed by atoms with Gasteiger partial charge in [-0.3, -0.25) is 0 Å². The van der Waals surface area contributed by atoms with Crippen LogP contribution in [0, 0.1) is 0 Å². The van der Waals surface area contributed by atoms with Crippen molar-refractivity contribution >= 4 is 0 Å². The van der Waals surface area contributed by atoms with Gasteiger partial charge in [-0.2, -0.15) is 0 Å². The first kappa shape index (κ1) is 12.5. The number of ether oxygens (including phenoxy) is 2. The van der Waals surface area contributed by atoms with Crippen LogP contribution in [0.15, 0.2) is 11.8 Å². The van der Waals surface area contributed by atoms with Crippen molar-refractivity contribution in [3.05, 3.63) is 11.8 Å². The predicted molar refractivity (Wildman–Crippen MR) is 61.8 cm³/mol. The average molecular weight is 213 g/mol. The highest BCUT2D eigenvalue weighted by atomic mass is 16.5. The zero-order valence-corrected chi connectivity index (χ0v) is 9.92. The average Bonchev–Trinajstić information content (AvgIpc) is 2.30. The Morgan fingerprint density at radius 3 is 3.07 bits per heavy atom. The molecule has 0 aromatic carbocycles. The summed E-state index contributed by atoms with van der Waals surface area (Å²) in [6.45, 7) is 4.86. The smallest absolute Gasteiger partial charge is 0.109 e. The molecule has 1 unspecified atom stereocenters. The Labute approximate surface area is 92.8 Å². The van der Waals surface area contributed by atoms with Crippen molar-refractivity contribution in [3.63, 3.8) is 0 Å². The second-order valence-corrected chi connectivity index (χ2v) is 3.89. The van der Waals surface area contributed by atoms with Gasteiger partial charge in [0, 0.05) is 13.7 Å². The van der Waals surface area contributed by atoms with Crippen molar-refractivity contribution in [2.75, 3.05) is 26.9 Å². The second kappa shape index (κ2) is 7.71. The van der Waals surface area contributed by atoms with E-state index in [9.17, 15) is 0 Å². The zero-order valence-electron chi connectivity index (χ0n) is 9.92. The van der Waals surface area contributed by atoms with Crippen LogP contribution in [0.4, 0.5) is 0 Å². The van der Waals surface area contributed by atoms with Crippen molar-refractivity contribution in [3.8, 4) is 0 Å². The highest BCUT2D eigenvalue weighted by Crippen LogP contribution is 2.15. The summed E-state index contributed by atoms with van der Waals surface area (Å²) >= 11 is 0. The lowest BCUT2D eigenvalue weighted by Crippen LogP contribution is -2.34. The Morgan fingerprint density at radius 2 is 2.47 bits per heavy atom. The summed E-state index contributed by atoms with van der Waals surface area (Å²) in [5.74, 6) is 1.12. The van der Waals surface area contributed by atoms with Crippen LogP contribution >= 0.6 is 0 Å². The van der Waals surface area contributed by atoms with E-state index in [1.54, 1.807) is 7.11 Å². The van der Waals surface area contributed by atoms with Gasteiger partial charge in [0.2, 0.25) is 0 Å². The maximum atomic E-state index is 5.68. The molecule has 0 spiro atoms. The molecule has 1 atom stereocenters. The van der Waals surface area contributed by atoms with Gasteiger partial charge in [-0.25, -0.2) is 0 Å². The molecule has 3 heteroatoms. The van der Waals surface area contributed by atoms with E-state index in [2.05, 4.69) is 18.3 Å². The molecule has 0 saturated heterocycles. The predicted octanol–water partition coefficient (Wildman–Crippen LogP) is 2.09. The maximum Gasteiger partial charge on any atom is 0.109 e. The summed E-state index contributed by atoms with van der Waals surface area (Å²) in [4.78, 5) is 0. The Hall–Kier alpha value is -0.540. The molecule has 0 aromatic rings. The van der Waals surface area contributed by atoms with Crippen molar-refractivity contribution < 1.29 is 9.47 Å². The Morgan fingerprint density at radius 1 is 1.60 bits per heavy atom. The van der Waals surface area contributed by atoms with Crippen molar-refractivity contribution in [1.82, 2.24) is 5.32 Å². The van der Waals surface area contributed by atoms with E-state index in [-0.39, 0.29) is 0 Å². The summed E-state index contributed by atoms with van der Waals surface area (Å²) in [5.41, 5.74) is 0. The summed E-state index contributed by atoms with van der Waals surface area (Å²) < 4.78 is 10.8. The van der Waals surface area contributed by atoms with Crippen LogP contribution in [0.2, 0.25) is 0 Å². The molecule has 1 rings (SSSR count). The lowest BCUT2D eigenvalue weighted by molar-refractivity contribution is 0.142. The van der Waals surface area contributed by atoms with Gasteiger partial charge in [-0.1, -0.05) is 6.92 Å². The van der Waals surface area contributed by atoms with Gasteiger partial charge in [-0.15, -0.1) is 0 Å². The third-order valence-electron chi connectivity index (χ3n) is 2.56. The summed E-state index contributed by atoms with van der Waals surface area (Å²) in [5, 5.41) is 3.50. The van der Waals surface area contributed by atoms with E-state index in [0.29, 0.717) is 6.04 Å². The molecule has 1 heterocycles. The Kier molecular flexibility index (Phi) is 6.44. The van der Waals surface area contributed by atoms with Gasteiger partial charge in [0.15, 0.2) is 0 Å². The molecule has 88 valence electrons. The van der Waals surface area contributed by atoms with Gasteiger partial charge in [-0.05, 0) is 38.3 Å². The molecule has 0 radical (unpaired) electrons. The van der Waals surface area contributed by atoms with Crippen LogP contribution in [-0.2, 0) is 9.47 Å². The zero-order chi connectivity index (χ0) is 10.9. The quantitative estimate of drug-likeness (QED) is 0.702. The van der Waals surface area contributed by atoms with Crippen molar-refractivity contribution in [2.45, 2.75) is 38.6 Å². The highest BCUT2D eigenvalue weighted by Gasteiger charge is 2.16. The number of allylic oxidation sites excluding steroid dienone is 1. The largest absolute Gasteiger partial charge is 0.497 e. The molecule has 1 N–H and O–H groups in total. The van der Waals surface area contributed by atoms with Crippen LogP contribution in [0.1, 0.15) is 32.6 Å². The summed E-state index contributed by atoms with van der Waals surface area (Å²) in [6.07, 6.45) is 6.65. The molecular formula is C12H23NO2. The third kappa shape index (κ3) is 4.67. The molecule has 0 bridgehead atoms. The minimum absolute atomic E-state index is 0.338. The summed E-state index contributed by atoms with van der Waals surface area (Å²) in [6, 6.07) is 0.338. The van der Waals surface area contributed by atoms with Gasteiger partial charge in [0.25, 0.3) is 0 Å². The molecule has 0 aliphatic carbocycles. The Balaban J connectivity index is 2.41. The normalized spacial score (nSPS) is 18.1. The molecule has 1 aliphatic heterocycles. The monoisotopic (exact) mass is 213 g/mol. The van der Waals surface area contributed by atoms with Crippen LogP contribution in [-0.4, -0.2) is 32.9 Å². The standard InChI is InChI=1S/C12H23NO2/c1-3-8-13-11(7-10-14-2)12-6-4-5-9-15-12/h6,11,13H,3-5,7-10H2,1-2H3. The van der Waals surface area contributed by atoms with Crippen molar-refractivity contribution in [1.29, 1.82) is 0 Å². The number of rotatable bonds is 7. The molecular weight excluding hydrogens is 190 g/mol. The van der Waals surface area contributed by atoms with E-state index in [0.717, 1.165) is 51.2 Å². The van der Waals surface area contributed by atoms with E-state index in [4.69, 9.17) is 9.47 Å². The number of hydrogen-bond acceptors (Lipinski definition) is 3. The first-order chi connectivity index (χ1) is 7.38. The first-order valence-corrected chi connectivity index (χ1v) is 5.93. The number of nitrogens with one attached hydrogen (secondary N) is 1. The molecule has 1 aliphatic rings. The second-order valence-electron chi connectivity index (χ2n) is 3.89. The fourth-order valence-corrected chi connectivity index (χ4v) is 1.72. The molecule has 0 fully saturated rings. The SMILES string of the molecule is CCCNC(CCOC)C1=CCCCO1. The summed E-state index contributed by atoms with van der Waals surface area (Å²) in [7, 11) is 1.74. The van der Waals surface area contributed by atoms with Gasteiger partial charge >= 0.3 is 0 Å². The van der Waals surface area contributed by atoms with Gasteiger partial charge in [0.1, 0.15) is 5.76 Å². The fraction of sp³-hybridized carbons (Fsp3) is 0.833. The molecule has 0 aromatic heterocycles. The third-order valence-corrected chi connectivity index (χ3v) is 2.56. The topological polar surface area (TPSA) is 30.5 Å². The van der Waals surface area contributed by atoms with Crippen LogP contribution in [0.5, 0.6) is 0 Å². The maximum absolute atomic E-state index is 5.68. The first-order valence-electron chi connectivity index (χ1n) is 5.93. The van der Waals surface area contributed by atoms with Gasteiger partial charge in [0.05, 0.1) is 12.6 Å². The molecule has 0 amide bonds. The van der Waals surface area contributed by atoms with Crippen LogP contribution in [0.3, 0.4) is 0 Å². The molecule has 0 saturated carbocycles. The lowest BCUT2D eigenvalue weighted by atomic mass is 10.1. The van der Waals surface area contributed by atoms with E-state index < -0.39 is 0 Å².